The minimum atomic E-state index is -1.44. The monoisotopic (exact) mass is 504 g/mol. The summed E-state index contributed by atoms with van der Waals surface area (Å²) >= 11 is 1.41. The predicted octanol–water partition coefficient (Wildman–Crippen LogP) is 2.65. The van der Waals surface area contributed by atoms with E-state index in [-0.39, 0.29) is 5.56 Å². The lowest BCUT2D eigenvalue weighted by Crippen LogP contribution is -2.59. The maximum absolute atomic E-state index is 11.8. The topological polar surface area (TPSA) is 137 Å². The van der Waals surface area contributed by atoms with Crippen molar-refractivity contribution in [3.8, 4) is 0 Å². The van der Waals surface area contributed by atoms with Gasteiger partial charge in [0, 0.05) is 10.6 Å². The first kappa shape index (κ1) is 26.1. The number of thioether (sulfide) groups is 1. The summed E-state index contributed by atoms with van der Waals surface area (Å²) in [5, 5.41) is 51.7. The van der Waals surface area contributed by atoms with Crippen LogP contribution in [0, 0.1) is 0 Å². The van der Waals surface area contributed by atoms with E-state index in [9.17, 15) is 30.3 Å². The Morgan fingerprint density at radius 2 is 1.86 bits per heavy atom. The van der Waals surface area contributed by atoms with Gasteiger partial charge < -0.3 is 35.0 Å². The highest BCUT2D eigenvalue weighted by molar-refractivity contribution is 7.98. The molecule has 5 N–H and O–H groups in total. The third kappa shape index (κ3) is 5.56. The van der Waals surface area contributed by atoms with Crippen LogP contribution < -0.4 is 0 Å². The number of rotatable bonds is 7. The van der Waals surface area contributed by atoms with Gasteiger partial charge in [0.1, 0.15) is 23.9 Å². The average Bonchev–Trinajstić information content (AvgIpc) is 2.86. The Hall–Kier alpha value is -1.98. The zero-order valence-corrected chi connectivity index (χ0v) is 20.3. The standard InChI is InChI=1S/C26H32O8S/c1-15-21(27)22(28)23(29)25(33-15)34-20-11-4-5-12-26(20,32)17-8-6-7-16(13-17)14-35-19-10-3-2-9-18(19)24(30)31/h2-3,6-10,13,15,20-23,25,27-29,32H,4-5,11-12,14H2,1H3,(H,30,31)/t15-,20+,21+,22+,23-,25-,26+/m0/s1. The summed E-state index contributed by atoms with van der Waals surface area (Å²) in [5.74, 6) is -0.455. The second kappa shape index (κ2) is 11.0. The number of benzene rings is 2. The number of hydrogen-bond donors (Lipinski definition) is 5. The number of aliphatic hydroxyl groups is 4. The fraction of sp³-hybridized carbons (Fsp3) is 0.500. The van der Waals surface area contributed by atoms with Crippen LogP contribution in [0.2, 0.25) is 0 Å². The Kier molecular flexibility index (Phi) is 8.17. The summed E-state index contributed by atoms with van der Waals surface area (Å²) in [5.41, 5.74) is 0.517. The highest BCUT2D eigenvalue weighted by Crippen LogP contribution is 2.41. The Morgan fingerprint density at radius 1 is 1.09 bits per heavy atom. The molecule has 0 aromatic heterocycles. The van der Waals surface area contributed by atoms with Gasteiger partial charge in [0.05, 0.1) is 17.8 Å². The van der Waals surface area contributed by atoms with E-state index in [0.717, 1.165) is 18.4 Å². The minimum Gasteiger partial charge on any atom is -0.478 e. The van der Waals surface area contributed by atoms with Gasteiger partial charge in [0.25, 0.3) is 0 Å². The molecular formula is C26H32O8S. The molecule has 4 rings (SSSR count). The molecule has 2 fully saturated rings. The molecule has 9 heteroatoms. The average molecular weight is 505 g/mol. The van der Waals surface area contributed by atoms with Crippen LogP contribution >= 0.6 is 11.8 Å². The van der Waals surface area contributed by atoms with E-state index in [4.69, 9.17) is 9.47 Å². The highest BCUT2D eigenvalue weighted by Gasteiger charge is 2.48. The molecule has 0 amide bonds. The summed E-state index contributed by atoms with van der Waals surface area (Å²) in [4.78, 5) is 12.2. The van der Waals surface area contributed by atoms with E-state index in [1.54, 1.807) is 31.2 Å². The number of ether oxygens (including phenoxy) is 2. The molecule has 0 unspecified atom stereocenters. The molecule has 35 heavy (non-hydrogen) atoms. The molecule has 0 bridgehead atoms. The van der Waals surface area contributed by atoms with Crippen LogP contribution in [0.1, 0.15) is 54.1 Å². The minimum absolute atomic E-state index is 0.251. The highest BCUT2D eigenvalue weighted by atomic mass is 32.2. The molecule has 1 heterocycles. The summed E-state index contributed by atoms with van der Waals surface area (Å²) in [6, 6.07) is 14.4. The second-order valence-electron chi connectivity index (χ2n) is 9.27. The molecule has 1 saturated heterocycles. The van der Waals surface area contributed by atoms with Gasteiger partial charge in [-0.05, 0) is 43.0 Å². The lowest BCUT2D eigenvalue weighted by molar-refractivity contribution is -0.321. The van der Waals surface area contributed by atoms with Crippen molar-refractivity contribution in [2.24, 2.45) is 0 Å². The molecule has 1 saturated carbocycles. The first-order chi connectivity index (χ1) is 16.7. The SMILES string of the molecule is C[C@@H]1O[C@@H](O[C@@H]2CCCC[C@@]2(O)c2cccc(CSc3ccccc3C(=O)O)c2)[C@@H](O)[C@H](O)[C@@H]1O. The van der Waals surface area contributed by atoms with Crippen molar-refractivity contribution in [2.45, 2.75) is 85.7 Å². The molecule has 2 aromatic carbocycles. The molecule has 7 atom stereocenters. The van der Waals surface area contributed by atoms with Crippen LogP contribution in [0.15, 0.2) is 53.4 Å². The summed E-state index contributed by atoms with van der Waals surface area (Å²) in [6.07, 6.45) is -4.03. The third-order valence-corrected chi connectivity index (χ3v) is 8.00. The van der Waals surface area contributed by atoms with Gasteiger partial charge in [-0.2, -0.15) is 0 Å². The van der Waals surface area contributed by atoms with Gasteiger partial charge in [-0.15, -0.1) is 11.8 Å². The Morgan fingerprint density at radius 3 is 2.63 bits per heavy atom. The summed E-state index contributed by atoms with van der Waals surface area (Å²) in [7, 11) is 0. The largest absolute Gasteiger partial charge is 0.478 e. The summed E-state index contributed by atoms with van der Waals surface area (Å²) < 4.78 is 11.7. The fourth-order valence-corrected chi connectivity index (χ4v) is 5.77. The third-order valence-electron chi connectivity index (χ3n) is 6.85. The number of carboxylic acids is 1. The van der Waals surface area contributed by atoms with Crippen LogP contribution in [-0.2, 0) is 20.8 Å². The van der Waals surface area contributed by atoms with E-state index in [0.29, 0.717) is 29.1 Å². The quantitative estimate of drug-likeness (QED) is 0.360. The van der Waals surface area contributed by atoms with Crippen LogP contribution in [0.3, 0.4) is 0 Å². The van der Waals surface area contributed by atoms with Crippen LogP contribution in [-0.4, -0.2) is 68.3 Å². The molecule has 0 spiro atoms. The number of carbonyl (C=O) groups is 1. The van der Waals surface area contributed by atoms with Gasteiger partial charge >= 0.3 is 5.97 Å². The van der Waals surface area contributed by atoms with Gasteiger partial charge in [-0.25, -0.2) is 4.79 Å². The number of carboxylic acid groups (broad SMARTS) is 1. The van der Waals surface area contributed by atoms with Crippen molar-refractivity contribution in [1.82, 2.24) is 0 Å². The number of hydrogen-bond acceptors (Lipinski definition) is 8. The zero-order chi connectivity index (χ0) is 25.2. The van der Waals surface area contributed by atoms with E-state index < -0.39 is 48.4 Å². The van der Waals surface area contributed by atoms with Crippen molar-refractivity contribution in [2.75, 3.05) is 0 Å². The lowest BCUT2D eigenvalue weighted by Gasteiger charge is -2.45. The normalized spacial score (nSPS) is 33.4. The van der Waals surface area contributed by atoms with E-state index in [2.05, 4.69) is 0 Å². The molecule has 2 aliphatic rings. The molecule has 2 aromatic rings. The molecule has 1 aliphatic heterocycles. The van der Waals surface area contributed by atoms with Crippen molar-refractivity contribution in [1.29, 1.82) is 0 Å². The predicted molar refractivity (Wildman–Crippen MR) is 129 cm³/mol. The Balaban J connectivity index is 1.52. The number of aliphatic hydroxyl groups excluding tert-OH is 3. The smallest absolute Gasteiger partial charge is 0.336 e. The molecule has 1 aliphatic carbocycles. The van der Waals surface area contributed by atoms with Gasteiger partial charge in [0.2, 0.25) is 0 Å². The van der Waals surface area contributed by atoms with E-state index in [1.807, 2.05) is 24.3 Å². The van der Waals surface area contributed by atoms with Gasteiger partial charge in [-0.3, -0.25) is 0 Å². The van der Waals surface area contributed by atoms with Crippen LogP contribution in [0.4, 0.5) is 0 Å². The molecule has 0 radical (unpaired) electrons. The molecule has 8 nitrogen and oxygen atoms in total. The van der Waals surface area contributed by atoms with Gasteiger partial charge in [-0.1, -0.05) is 49.2 Å². The lowest BCUT2D eigenvalue weighted by atomic mass is 9.77. The second-order valence-corrected chi connectivity index (χ2v) is 10.3. The maximum atomic E-state index is 11.8. The van der Waals surface area contributed by atoms with Crippen molar-refractivity contribution in [3.63, 3.8) is 0 Å². The van der Waals surface area contributed by atoms with Gasteiger partial charge in [0.15, 0.2) is 6.29 Å². The maximum Gasteiger partial charge on any atom is 0.336 e. The Labute approximate surface area is 208 Å². The van der Waals surface area contributed by atoms with Crippen LogP contribution in [0.5, 0.6) is 0 Å². The molecular weight excluding hydrogens is 472 g/mol. The summed E-state index contributed by atoms with van der Waals surface area (Å²) in [6.45, 7) is 1.59. The Bertz CT molecular complexity index is 1030. The molecule has 190 valence electrons. The number of aromatic carboxylic acids is 1. The van der Waals surface area contributed by atoms with Crippen molar-refractivity contribution >= 4 is 17.7 Å². The van der Waals surface area contributed by atoms with E-state index in [1.165, 1.54) is 11.8 Å². The first-order valence-corrected chi connectivity index (χ1v) is 12.8. The zero-order valence-electron chi connectivity index (χ0n) is 19.5. The fourth-order valence-electron chi connectivity index (χ4n) is 4.78. The van der Waals surface area contributed by atoms with Crippen molar-refractivity contribution in [3.05, 3.63) is 65.2 Å². The van der Waals surface area contributed by atoms with E-state index >= 15 is 0 Å². The van der Waals surface area contributed by atoms with Crippen molar-refractivity contribution < 1.29 is 39.8 Å². The first-order valence-electron chi connectivity index (χ1n) is 11.8. The van der Waals surface area contributed by atoms with Crippen LogP contribution in [0.25, 0.3) is 0 Å².